The maximum Gasteiger partial charge on any atom is 0.323 e. The van der Waals surface area contributed by atoms with Gasteiger partial charge in [-0.1, -0.05) is 25.0 Å². The van der Waals surface area contributed by atoms with E-state index in [2.05, 4.69) is 22.3 Å². The van der Waals surface area contributed by atoms with Crippen LogP contribution in [-0.4, -0.2) is 63.6 Å². The number of urea groups is 1. The number of hydrogen-bond acceptors (Lipinski definition) is 7. The van der Waals surface area contributed by atoms with Crippen LogP contribution < -0.4 is 15.4 Å². The van der Waals surface area contributed by atoms with Gasteiger partial charge in [0.15, 0.2) is 5.76 Å². The van der Waals surface area contributed by atoms with E-state index in [1.807, 2.05) is 37.0 Å². The van der Waals surface area contributed by atoms with E-state index < -0.39 is 11.8 Å². The van der Waals surface area contributed by atoms with Crippen LogP contribution in [0, 0.1) is 18.2 Å². The highest BCUT2D eigenvalue weighted by molar-refractivity contribution is 5.99. The Morgan fingerprint density at radius 3 is 2.47 bits per heavy atom. The molecule has 0 saturated carbocycles. The van der Waals surface area contributed by atoms with Gasteiger partial charge in [-0.2, -0.15) is 0 Å². The number of carbonyl (C=O) groups excluding carboxylic acids is 2. The quantitative estimate of drug-likeness (QED) is 0.110. The van der Waals surface area contributed by atoms with Crippen molar-refractivity contribution in [1.82, 2.24) is 4.90 Å². The molecule has 2 aromatic rings. The Balaban J connectivity index is 1.09. The number of nitrogens with zero attached hydrogens (tertiary/aromatic N) is 2. The van der Waals surface area contributed by atoms with Crippen molar-refractivity contribution in [3.05, 3.63) is 101 Å². The first kappa shape index (κ1) is 37.4. The van der Waals surface area contributed by atoms with Gasteiger partial charge in [0.2, 0.25) is 5.91 Å². The van der Waals surface area contributed by atoms with E-state index in [0.717, 1.165) is 70.4 Å². The summed E-state index contributed by atoms with van der Waals surface area (Å²) >= 11 is 0. The number of carbonyl (C=O) groups is 2. The summed E-state index contributed by atoms with van der Waals surface area (Å²) in [6.07, 6.45) is 12.5. The highest BCUT2D eigenvalue weighted by atomic mass is 19.1. The highest BCUT2D eigenvalue weighted by Crippen LogP contribution is 2.38. The van der Waals surface area contributed by atoms with E-state index in [1.165, 1.54) is 6.07 Å². The molecule has 1 spiro atoms. The van der Waals surface area contributed by atoms with Gasteiger partial charge in [0, 0.05) is 42.6 Å². The van der Waals surface area contributed by atoms with Crippen LogP contribution in [0.15, 0.2) is 94.2 Å². The molecule has 2 N–H and O–H groups in total. The molecule has 1 aliphatic carbocycles. The number of amides is 3. The third-order valence-electron chi connectivity index (χ3n) is 9.49. The molecule has 0 unspecified atom stereocenters. The lowest BCUT2D eigenvalue weighted by atomic mass is 9.77. The molecule has 2 saturated heterocycles. The van der Waals surface area contributed by atoms with E-state index in [-0.39, 0.29) is 11.6 Å². The lowest BCUT2D eigenvalue weighted by Gasteiger charge is -2.47. The lowest BCUT2D eigenvalue weighted by Crippen LogP contribution is -2.52. The SMILES string of the molecule is C=NC1=CCC(OCCCCCCC(=O)N2CCC3(CC2)COC3)=C(OC)C=C1C(=CC)Oc1ccc(NC(=O)Nc2cc(C)ccc2F)cc1. The largest absolute Gasteiger partial charge is 0.494 e. The van der Waals surface area contributed by atoms with Gasteiger partial charge in [-0.05, 0) is 100 Å². The Morgan fingerprint density at radius 2 is 1.80 bits per heavy atom. The molecule has 0 atom stereocenters. The van der Waals surface area contributed by atoms with Gasteiger partial charge in [0.25, 0.3) is 0 Å². The predicted molar refractivity (Wildman–Crippen MR) is 197 cm³/mol. The molecule has 11 heteroatoms. The van der Waals surface area contributed by atoms with E-state index >= 15 is 0 Å². The summed E-state index contributed by atoms with van der Waals surface area (Å²) in [7, 11) is 1.60. The van der Waals surface area contributed by atoms with E-state index in [4.69, 9.17) is 18.9 Å². The lowest BCUT2D eigenvalue weighted by molar-refractivity contribution is -0.153. The first-order valence-electron chi connectivity index (χ1n) is 17.7. The summed E-state index contributed by atoms with van der Waals surface area (Å²) in [5.74, 6) is 2.09. The van der Waals surface area contributed by atoms with Crippen molar-refractivity contribution in [1.29, 1.82) is 0 Å². The van der Waals surface area contributed by atoms with Crippen molar-refractivity contribution in [3.63, 3.8) is 0 Å². The van der Waals surface area contributed by atoms with Crippen LogP contribution in [0.25, 0.3) is 0 Å². The number of methoxy groups -OCH3 is 1. The third kappa shape index (κ3) is 10.1. The minimum atomic E-state index is -0.563. The molecule has 0 bridgehead atoms. The van der Waals surface area contributed by atoms with Crippen LogP contribution >= 0.6 is 0 Å². The Bertz CT molecular complexity index is 1680. The van der Waals surface area contributed by atoms with Crippen molar-refractivity contribution >= 4 is 30.0 Å². The molecule has 2 fully saturated rings. The number of rotatable bonds is 15. The smallest absolute Gasteiger partial charge is 0.323 e. The van der Waals surface area contributed by atoms with Crippen LogP contribution in [0.1, 0.15) is 63.9 Å². The maximum absolute atomic E-state index is 14.1. The maximum atomic E-state index is 14.1. The van der Waals surface area contributed by atoms with Crippen LogP contribution in [-0.2, 0) is 19.0 Å². The van der Waals surface area contributed by atoms with Gasteiger partial charge in [0.1, 0.15) is 23.1 Å². The molecular formula is C40H49FN4O6. The number of aliphatic imine (C=N–C) groups is 1. The number of anilines is 2. The molecule has 0 radical (unpaired) electrons. The molecule has 10 nitrogen and oxygen atoms in total. The van der Waals surface area contributed by atoms with Gasteiger partial charge in [-0.15, -0.1) is 0 Å². The van der Waals surface area contributed by atoms with E-state index in [0.29, 0.717) is 64.8 Å². The molecular weight excluding hydrogens is 651 g/mol. The summed E-state index contributed by atoms with van der Waals surface area (Å²) in [6.45, 7) is 11.4. The van der Waals surface area contributed by atoms with Crippen molar-refractivity contribution in [3.8, 4) is 5.75 Å². The third-order valence-corrected chi connectivity index (χ3v) is 9.49. The minimum Gasteiger partial charge on any atom is -0.494 e. The number of unbranched alkanes of at least 4 members (excludes halogenated alkanes) is 3. The minimum absolute atomic E-state index is 0.102. The monoisotopic (exact) mass is 700 g/mol. The number of nitrogens with one attached hydrogen (secondary N) is 2. The average Bonchev–Trinajstić information content (AvgIpc) is 3.30. The van der Waals surface area contributed by atoms with Crippen LogP contribution in [0.3, 0.4) is 0 Å². The molecule has 2 aromatic carbocycles. The van der Waals surface area contributed by atoms with Crippen molar-refractivity contribution in [2.45, 2.75) is 65.2 Å². The second-order valence-electron chi connectivity index (χ2n) is 13.2. The van der Waals surface area contributed by atoms with Crippen molar-refractivity contribution in [2.24, 2.45) is 10.4 Å². The number of allylic oxidation sites excluding steroid dienone is 3. The summed E-state index contributed by atoms with van der Waals surface area (Å²) < 4.78 is 37.6. The number of hydrogen-bond donors (Lipinski definition) is 2. The summed E-state index contributed by atoms with van der Waals surface area (Å²) in [4.78, 5) is 31.4. The summed E-state index contributed by atoms with van der Waals surface area (Å²) in [6, 6.07) is 10.8. The van der Waals surface area contributed by atoms with Crippen molar-refractivity contribution < 1.29 is 32.9 Å². The van der Waals surface area contributed by atoms with E-state index in [9.17, 15) is 14.0 Å². The Labute approximate surface area is 300 Å². The fourth-order valence-electron chi connectivity index (χ4n) is 6.35. The highest BCUT2D eigenvalue weighted by Gasteiger charge is 2.41. The van der Waals surface area contributed by atoms with Gasteiger partial charge < -0.3 is 34.5 Å². The fraction of sp³-hybridized carbons (Fsp3) is 0.425. The Kier molecular flexibility index (Phi) is 13.1. The molecule has 5 rings (SSSR count). The van der Waals surface area contributed by atoms with E-state index in [1.54, 1.807) is 43.5 Å². The number of ether oxygens (including phenoxy) is 4. The summed E-state index contributed by atoms with van der Waals surface area (Å²) in [5, 5.41) is 5.24. The second kappa shape index (κ2) is 17.8. The fourth-order valence-corrected chi connectivity index (χ4v) is 6.35. The number of likely N-dealkylation sites (tertiary alicyclic amines) is 1. The average molecular weight is 701 g/mol. The molecule has 3 amide bonds. The van der Waals surface area contributed by atoms with Crippen LogP contribution in [0.5, 0.6) is 5.75 Å². The molecule has 2 heterocycles. The molecule has 3 aliphatic rings. The first-order valence-corrected chi connectivity index (χ1v) is 17.7. The zero-order chi connectivity index (χ0) is 36.2. The molecule has 2 aliphatic heterocycles. The topological polar surface area (TPSA) is 111 Å². The van der Waals surface area contributed by atoms with Crippen molar-refractivity contribution in [2.75, 3.05) is 50.7 Å². The summed E-state index contributed by atoms with van der Waals surface area (Å²) in [5.41, 5.74) is 3.09. The molecule has 0 aromatic heterocycles. The normalized spacial score (nSPS) is 17.1. The standard InChI is InChI=1S/C40H49FN4O6/c1-5-35(51-30-14-12-29(13-15-30)43-39(47)44-34-24-28(2)11-16-32(34)41)31-25-37(48-4)36(18-17-33(31)42-3)50-23-9-7-6-8-10-38(46)45-21-19-40(20-22-45)26-49-27-40/h5,11-17,24-25H,3,6-10,18-23,26-27H2,1-2,4H3,(H2,43,44,47). The van der Waals surface area contributed by atoms with Gasteiger partial charge >= 0.3 is 6.03 Å². The first-order chi connectivity index (χ1) is 24.7. The predicted octanol–water partition coefficient (Wildman–Crippen LogP) is 8.44. The van der Waals surface area contributed by atoms with Gasteiger partial charge in [-0.3, -0.25) is 9.79 Å². The van der Waals surface area contributed by atoms with Crippen LogP contribution in [0.2, 0.25) is 0 Å². The number of benzene rings is 2. The number of piperidine rings is 1. The van der Waals surface area contributed by atoms with Gasteiger partial charge in [0.05, 0.1) is 38.3 Å². The zero-order valence-electron chi connectivity index (χ0n) is 29.9. The molecule has 272 valence electrons. The molecule has 51 heavy (non-hydrogen) atoms. The zero-order valence-corrected chi connectivity index (χ0v) is 29.9. The van der Waals surface area contributed by atoms with Gasteiger partial charge in [-0.25, -0.2) is 9.18 Å². The van der Waals surface area contributed by atoms with Crippen LogP contribution in [0.4, 0.5) is 20.6 Å². The Morgan fingerprint density at radius 1 is 1.06 bits per heavy atom. The number of aryl methyl sites for hydroxylation is 1. The second-order valence-corrected chi connectivity index (χ2v) is 13.2. The number of halogens is 1. The Hall–Kier alpha value is -4.90.